The lowest BCUT2D eigenvalue weighted by Gasteiger charge is -1.96. The first-order valence-electron chi connectivity index (χ1n) is 5.96. The lowest BCUT2D eigenvalue weighted by atomic mass is 10.1. The van der Waals surface area contributed by atoms with E-state index in [0.717, 1.165) is 25.8 Å². The van der Waals surface area contributed by atoms with Gasteiger partial charge < -0.3 is 15.0 Å². The van der Waals surface area contributed by atoms with E-state index >= 15 is 0 Å². The van der Waals surface area contributed by atoms with Crippen LogP contribution in [0.15, 0.2) is 4.52 Å². The quantitative estimate of drug-likeness (QED) is 0.649. The SMILES string of the molecule is CCOCc1noc(CCCCCCN)n1. The smallest absolute Gasteiger partial charge is 0.226 e. The summed E-state index contributed by atoms with van der Waals surface area (Å²) >= 11 is 0. The molecule has 0 atom stereocenters. The van der Waals surface area contributed by atoms with Gasteiger partial charge in [0.25, 0.3) is 0 Å². The molecule has 0 aromatic carbocycles. The molecule has 5 heteroatoms. The first-order chi connectivity index (χ1) is 7.86. The van der Waals surface area contributed by atoms with Gasteiger partial charge in [-0.1, -0.05) is 18.0 Å². The highest BCUT2D eigenvalue weighted by molar-refractivity contribution is 4.84. The van der Waals surface area contributed by atoms with Crippen LogP contribution in [0.4, 0.5) is 0 Å². The minimum Gasteiger partial charge on any atom is -0.374 e. The Morgan fingerprint density at radius 2 is 2.06 bits per heavy atom. The van der Waals surface area contributed by atoms with Crippen molar-refractivity contribution in [1.82, 2.24) is 10.1 Å². The van der Waals surface area contributed by atoms with Crippen LogP contribution >= 0.6 is 0 Å². The second-order valence-corrected chi connectivity index (χ2v) is 3.69. The van der Waals surface area contributed by atoms with Crippen molar-refractivity contribution in [2.45, 2.75) is 45.6 Å². The molecule has 0 aliphatic rings. The van der Waals surface area contributed by atoms with E-state index in [1.54, 1.807) is 0 Å². The molecule has 92 valence electrons. The fourth-order valence-corrected chi connectivity index (χ4v) is 1.42. The summed E-state index contributed by atoms with van der Waals surface area (Å²) in [5.74, 6) is 1.35. The number of hydrogen-bond acceptors (Lipinski definition) is 5. The summed E-state index contributed by atoms with van der Waals surface area (Å²) in [5.41, 5.74) is 5.42. The number of aryl methyl sites for hydroxylation is 1. The van der Waals surface area contributed by atoms with Crippen molar-refractivity contribution in [2.24, 2.45) is 5.73 Å². The predicted octanol–water partition coefficient (Wildman–Crippen LogP) is 1.67. The second kappa shape index (κ2) is 8.24. The summed E-state index contributed by atoms with van der Waals surface area (Å²) < 4.78 is 10.3. The van der Waals surface area contributed by atoms with Crippen LogP contribution in [0.5, 0.6) is 0 Å². The first kappa shape index (κ1) is 13.1. The molecule has 0 spiro atoms. The Morgan fingerprint density at radius 1 is 1.25 bits per heavy atom. The highest BCUT2D eigenvalue weighted by Gasteiger charge is 2.05. The summed E-state index contributed by atoms with van der Waals surface area (Å²) in [4.78, 5) is 4.24. The molecule has 2 N–H and O–H groups in total. The molecular formula is C11H21N3O2. The van der Waals surface area contributed by atoms with Gasteiger partial charge in [0, 0.05) is 13.0 Å². The number of rotatable bonds is 9. The molecule has 0 bridgehead atoms. The molecular weight excluding hydrogens is 206 g/mol. The summed E-state index contributed by atoms with van der Waals surface area (Å²) in [6.45, 7) is 3.83. The Hall–Kier alpha value is -0.940. The molecule has 0 aliphatic carbocycles. The number of hydrogen-bond donors (Lipinski definition) is 1. The summed E-state index contributed by atoms with van der Waals surface area (Å²) in [6.07, 6.45) is 5.37. The molecule has 1 aromatic rings. The third-order valence-electron chi connectivity index (χ3n) is 2.29. The number of ether oxygens (including phenoxy) is 1. The Morgan fingerprint density at radius 3 is 2.81 bits per heavy atom. The summed E-state index contributed by atoms with van der Waals surface area (Å²) in [5, 5.41) is 3.84. The van der Waals surface area contributed by atoms with E-state index in [-0.39, 0.29) is 0 Å². The predicted molar refractivity (Wildman–Crippen MR) is 60.9 cm³/mol. The monoisotopic (exact) mass is 227 g/mol. The standard InChI is InChI=1S/C11H21N3O2/c1-2-15-9-10-13-11(16-14-10)7-5-3-4-6-8-12/h2-9,12H2,1H3. The molecule has 0 unspecified atom stereocenters. The highest BCUT2D eigenvalue weighted by atomic mass is 16.5. The molecule has 0 amide bonds. The zero-order valence-corrected chi connectivity index (χ0v) is 9.95. The second-order valence-electron chi connectivity index (χ2n) is 3.69. The molecule has 0 fully saturated rings. The number of aromatic nitrogens is 2. The fraction of sp³-hybridized carbons (Fsp3) is 0.818. The summed E-state index contributed by atoms with van der Waals surface area (Å²) in [6, 6.07) is 0. The van der Waals surface area contributed by atoms with Gasteiger partial charge in [-0.25, -0.2) is 0 Å². The van der Waals surface area contributed by atoms with E-state index in [9.17, 15) is 0 Å². The van der Waals surface area contributed by atoms with Gasteiger partial charge in [0.1, 0.15) is 6.61 Å². The van der Waals surface area contributed by atoms with Crippen LogP contribution in [-0.2, 0) is 17.8 Å². The average molecular weight is 227 g/mol. The molecule has 0 aliphatic heterocycles. The zero-order chi connectivity index (χ0) is 11.6. The lowest BCUT2D eigenvalue weighted by molar-refractivity contribution is 0.126. The molecule has 0 saturated heterocycles. The topological polar surface area (TPSA) is 74.2 Å². The van der Waals surface area contributed by atoms with Crippen molar-refractivity contribution in [1.29, 1.82) is 0 Å². The van der Waals surface area contributed by atoms with E-state index in [1.165, 1.54) is 12.8 Å². The van der Waals surface area contributed by atoms with Crippen molar-refractivity contribution in [3.8, 4) is 0 Å². The molecule has 5 nitrogen and oxygen atoms in total. The molecule has 16 heavy (non-hydrogen) atoms. The minimum atomic E-state index is 0.438. The van der Waals surface area contributed by atoms with Crippen molar-refractivity contribution >= 4 is 0 Å². The van der Waals surface area contributed by atoms with Gasteiger partial charge >= 0.3 is 0 Å². The third kappa shape index (κ3) is 5.23. The lowest BCUT2D eigenvalue weighted by Crippen LogP contribution is -1.98. The van der Waals surface area contributed by atoms with E-state index in [4.69, 9.17) is 15.0 Å². The molecule has 1 rings (SSSR count). The molecule has 1 heterocycles. The van der Waals surface area contributed by atoms with Gasteiger partial charge in [0.05, 0.1) is 0 Å². The molecule has 0 radical (unpaired) electrons. The number of nitrogens with two attached hydrogens (primary N) is 1. The number of unbranched alkanes of at least 4 members (excludes halogenated alkanes) is 3. The van der Waals surface area contributed by atoms with Crippen LogP contribution < -0.4 is 5.73 Å². The highest BCUT2D eigenvalue weighted by Crippen LogP contribution is 2.06. The van der Waals surface area contributed by atoms with E-state index in [0.29, 0.717) is 24.9 Å². The van der Waals surface area contributed by atoms with E-state index < -0.39 is 0 Å². The first-order valence-corrected chi connectivity index (χ1v) is 5.96. The molecule has 0 saturated carbocycles. The Kier molecular flexibility index (Phi) is 6.76. The maximum Gasteiger partial charge on any atom is 0.226 e. The van der Waals surface area contributed by atoms with Gasteiger partial charge in [0.2, 0.25) is 5.89 Å². The average Bonchev–Trinajstić information content (AvgIpc) is 2.74. The van der Waals surface area contributed by atoms with Gasteiger partial charge in [-0.3, -0.25) is 0 Å². The van der Waals surface area contributed by atoms with Crippen LogP contribution in [-0.4, -0.2) is 23.3 Å². The van der Waals surface area contributed by atoms with Crippen molar-refractivity contribution < 1.29 is 9.26 Å². The van der Waals surface area contributed by atoms with Gasteiger partial charge in [0.15, 0.2) is 5.82 Å². The maximum absolute atomic E-state index is 5.42. The van der Waals surface area contributed by atoms with Crippen molar-refractivity contribution in [3.05, 3.63) is 11.7 Å². The Balaban J connectivity index is 2.14. The van der Waals surface area contributed by atoms with Crippen LogP contribution in [0, 0.1) is 0 Å². The maximum atomic E-state index is 5.42. The third-order valence-corrected chi connectivity index (χ3v) is 2.29. The fourth-order valence-electron chi connectivity index (χ4n) is 1.42. The molecule has 1 aromatic heterocycles. The summed E-state index contributed by atoms with van der Waals surface area (Å²) in [7, 11) is 0. The normalized spacial score (nSPS) is 10.9. The van der Waals surface area contributed by atoms with Gasteiger partial charge in [-0.15, -0.1) is 0 Å². The van der Waals surface area contributed by atoms with E-state index in [1.807, 2.05) is 6.92 Å². The van der Waals surface area contributed by atoms with Crippen LogP contribution in [0.3, 0.4) is 0 Å². The Bertz CT molecular complexity index is 276. The zero-order valence-electron chi connectivity index (χ0n) is 9.95. The van der Waals surface area contributed by atoms with Crippen LogP contribution in [0.1, 0.15) is 44.3 Å². The van der Waals surface area contributed by atoms with Crippen molar-refractivity contribution in [3.63, 3.8) is 0 Å². The van der Waals surface area contributed by atoms with Crippen LogP contribution in [0.25, 0.3) is 0 Å². The largest absolute Gasteiger partial charge is 0.374 e. The number of nitrogens with zero attached hydrogens (tertiary/aromatic N) is 2. The van der Waals surface area contributed by atoms with E-state index in [2.05, 4.69) is 10.1 Å². The van der Waals surface area contributed by atoms with Gasteiger partial charge in [-0.05, 0) is 26.3 Å². The van der Waals surface area contributed by atoms with Crippen molar-refractivity contribution in [2.75, 3.05) is 13.2 Å². The van der Waals surface area contributed by atoms with Gasteiger partial charge in [-0.2, -0.15) is 4.98 Å². The minimum absolute atomic E-state index is 0.438. The van der Waals surface area contributed by atoms with Crippen LogP contribution in [0.2, 0.25) is 0 Å². The Labute approximate surface area is 96.4 Å².